The van der Waals surface area contributed by atoms with Gasteiger partial charge < -0.3 is 25.8 Å². The number of methoxy groups -OCH3 is 1. The Morgan fingerprint density at radius 2 is 1.72 bits per heavy atom. The summed E-state index contributed by atoms with van der Waals surface area (Å²) in [6, 6.07) is 27.3. The predicted molar refractivity (Wildman–Crippen MR) is 188 cm³/mol. The third-order valence-electron chi connectivity index (χ3n) is 6.70. The van der Waals surface area contributed by atoms with Crippen molar-refractivity contribution in [1.29, 1.82) is 0 Å². The van der Waals surface area contributed by atoms with Crippen LogP contribution in [0.2, 0.25) is 5.02 Å². The van der Waals surface area contributed by atoms with Gasteiger partial charge in [-0.15, -0.1) is 23.1 Å². The Kier molecular flexibility index (Phi) is 10.9. The molecule has 0 aliphatic rings. The average molecular weight is 685 g/mol. The van der Waals surface area contributed by atoms with Gasteiger partial charge in [0.2, 0.25) is 5.91 Å². The summed E-state index contributed by atoms with van der Waals surface area (Å²) in [4.78, 5) is 44.8. The van der Waals surface area contributed by atoms with Crippen LogP contribution in [-0.2, 0) is 9.59 Å². The summed E-state index contributed by atoms with van der Waals surface area (Å²) in [5, 5.41) is 20.6. The molecule has 5 rings (SSSR count). The number of halogens is 1. The molecule has 5 aromatic rings. The van der Waals surface area contributed by atoms with Crippen LogP contribution in [0.25, 0.3) is 17.3 Å². The highest BCUT2D eigenvalue weighted by molar-refractivity contribution is 8.00. The van der Waals surface area contributed by atoms with Crippen molar-refractivity contribution in [1.82, 2.24) is 10.3 Å². The first kappa shape index (κ1) is 33.3. The zero-order valence-corrected chi connectivity index (χ0v) is 27.6. The van der Waals surface area contributed by atoms with E-state index in [1.54, 1.807) is 67.6 Å². The zero-order valence-electron chi connectivity index (χ0n) is 25.2. The number of thioether (sulfide) groups is 1. The van der Waals surface area contributed by atoms with Gasteiger partial charge in [0, 0.05) is 43.7 Å². The fraction of sp³-hybridized carbons (Fsp3) is 0.0857. The molecular weight excluding hydrogens is 656 g/mol. The maximum Gasteiger partial charge on any atom is 0.272 e. The van der Waals surface area contributed by atoms with E-state index in [0.717, 1.165) is 10.5 Å². The molecule has 1 heterocycles. The van der Waals surface area contributed by atoms with Gasteiger partial charge in [-0.2, -0.15) is 0 Å². The zero-order chi connectivity index (χ0) is 33.3. The van der Waals surface area contributed by atoms with E-state index in [1.807, 2.05) is 29.6 Å². The average Bonchev–Trinajstić information content (AvgIpc) is 3.53. The monoisotopic (exact) mass is 684 g/mol. The molecule has 9 nitrogen and oxygen atoms in total. The predicted octanol–water partition coefficient (Wildman–Crippen LogP) is 7.71. The molecule has 0 fully saturated rings. The number of nitrogens with one attached hydrogen (secondary N) is 3. The second-order valence-corrected chi connectivity index (χ2v) is 12.7. The van der Waals surface area contributed by atoms with E-state index in [4.69, 9.17) is 16.3 Å². The molecule has 1 aromatic heterocycles. The molecule has 0 saturated carbocycles. The van der Waals surface area contributed by atoms with Gasteiger partial charge in [-0.25, -0.2) is 4.98 Å². The molecule has 4 aromatic carbocycles. The third-order valence-corrected chi connectivity index (χ3v) is 8.88. The van der Waals surface area contributed by atoms with Crippen LogP contribution < -0.4 is 20.7 Å². The Balaban J connectivity index is 1.28. The number of amides is 3. The fourth-order valence-corrected chi connectivity index (χ4v) is 6.22. The van der Waals surface area contributed by atoms with Crippen LogP contribution in [0.1, 0.15) is 22.8 Å². The minimum Gasteiger partial charge on any atom is -0.508 e. The number of nitrogens with zero attached hydrogens (tertiary/aromatic N) is 1. The van der Waals surface area contributed by atoms with Crippen LogP contribution in [-0.4, -0.2) is 40.2 Å². The van der Waals surface area contributed by atoms with Crippen LogP contribution in [0.3, 0.4) is 0 Å². The Labute approximate surface area is 284 Å². The molecule has 238 valence electrons. The molecule has 0 aliphatic heterocycles. The van der Waals surface area contributed by atoms with E-state index < -0.39 is 17.1 Å². The SMILES string of the molecule is COc1cc(O)ccc1/C=C(/NC(=O)c1ccccc1)C(=O)Nc1cccc(SC(C)C(=O)Nc2nc(-c3ccccc3Cl)cs2)c1. The van der Waals surface area contributed by atoms with Gasteiger partial charge in [0.25, 0.3) is 11.8 Å². The summed E-state index contributed by atoms with van der Waals surface area (Å²) in [6.45, 7) is 1.78. The van der Waals surface area contributed by atoms with Crippen molar-refractivity contribution in [2.45, 2.75) is 17.1 Å². The first-order valence-corrected chi connectivity index (χ1v) is 16.4. The van der Waals surface area contributed by atoms with E-state index in [9.17, 15) is 19.5 Å². The second kappa shape index (κ2) is 15.5. The van der Waals surface area contributed by atoms with E-state index in [-0.39, 0.29) is 17.4 Å². The quantitative estimate of drug-likeness (QED) is 0.0829. The molecule has 12 heteroatoms. The Bertz CT molecular complexity index is 1950. The van der Waals surface area contributed by atoms with E-state index in [1.165, 1.54) is 48.4 Å². The second-order valence-electron chi connectivity index (χ2n) is 10.1. The molecule has 0 saturated heterocycles. The van der Waals surface area contributed by atoms with E-state index in [0.29, 0.717) is 38.4 Å². The lowest BCUT2D eigenvalue weighted by Gasteiger charge is -2.14. The number of hydrogen-bond donors (Lipinski definition) is 4. The number of benzene rings is 4. The Morgan fingerprint density at radius 1 is 0.957 bits per heavy atom. The standard InChI is InChI=1S/C35H29ClN4O5S2/c1-21(32(42)40-35-39-30(20-46-35)27-13-6-7-14-28(27)36)47-26-12-8-11-24(18-26)37-34(44)29(38-33(43)22-9-4-3-5-10-22)17-23-15-16-25(41)19-31(23)45-2/h3-21,41H,1-2H3,(H,37,44)(H,38,43)(H,39,40,42)/b29-17+. The highest BCUT2D eigenvalue weighted by Crippen LogP contribution is 2.32. The van der Waals surface area contributed by atoms with Crippen molar-refractivity contribution in [3.8, 4) is 22.8 Å². The van der Waals surface area contributed by atoms with E-state index >= 15 is 0 Å². The number of phenols is 1. The number of carbonyl (C=O) groups excluding carboxylic acids is 3. The molecule has 3 amide bonds. The first-order valence-electron chi connectivity index (χ1n) is 14.2. The molecule has 1 unspecified atom stereocenters. The maximum absolute atomic E-state index is 13.6. The maximum atomic E-state index is 13.6. The van der Waals surface area contributed by atoms with E-state index in [2.05, 4.69) is 20.9 Å². The molecule has 0 aliphatic carbocycles. The Hall–Kier alpha value is -5.10. The highest BCUT2D eigenvalue weighted by atomic mass is 35.5. The Morgan fingerprint density at radius 3 is 2.49 bits per heavy atom. The fourth-order valence-electron chi connectivity index (χ4n) is 4.35. The van der Waals surface area contributed by atoms with Gasteiger partial charge in [0.05, 0.1) is 18.1 Å². The number of ether oxygens (including phenoxy) is 1. The minimum atomic E-state index is -0.588. The number of carbonyl (C=O) groups is 3. The molecule has 47 heavy (non-hydrogen) atoms. The number of rotatable bonds is 11. The van der Waals surface area contributed by atoms with Gasteiger partial charge in [0.1, 0.15) is 17.2 Å². The lowest BCUT2D eigenvalue weighted by Crippen LogP contribution is -2.30. The van der Waals surface area contributed by atoms with Gasteiger partial charge in [-0.1, -0.05) is 54.1 Å². The number of aromatic hydroxyl groups is 1. The molecule has 4 N–H and O–H groups in total. The first-order chi connectivity index (χ1) is 22.7. The van der Waals surface area contributed by atoms with Gasteiger partial charge in [-0.05, 0) is 61.5 Å². The third kappa shape index (κ3) is 8.79. The van der Waals surface area contributed by atoms with Crippen LogP contribution in [0.4, 0.5) is 10.8 Å². The highest BCUT2D eigenvalue weighted by Gasteiger charge is 2.19. The van der Waals surface area contributed by atoms with Crippen LogP contribution in [0, 0.1) is 0 Å². The molecule has 1 atom stereocenters. The molecule has 0 radical (unpaired) electrons. The topological polar surface area (TPSA) is 130 Å². The van der Waals surface area contributed by atoms with Gasteiger partial charge in [-0.3, -0.25) is 14.4 Å². The number of thiazole rings is 1. The summed E-state index contributed by atoms with van der Waals surface area (Å²) in [5.74, 6) is -0.999. The summed E-state index contributed by atoms with van der Waals surface area (Å²) >= 11 is 8.91. The lowest BCUT2D eigenvalue weighted by molar-refractivity contribution is -0.115. The number of phenolic OH excluding ortho intramolecular Hbond substituents is 1. The summed E-state index contributed by atoms with van der Waals surface area (Å²) in [6.07, 6.45) is 1.47. The normalized spacial score (nSPS) is 11.8. The van der Waals surface area contributed by atoms with Crippen LogP contribution in [0.5, 0.6) is 11.5 Å². The molecular formula is C35H29ClN4O5S2. The molecule has 0 spiro atoms. The van der Waals surface area contributed by atoms with Crippen molar-refractivity contribution in [3.05, 3.63) is 124 Å². The molecule has 0 bridgehead atoms. The largest absolute Gasteiger partial charge is 0.508 e. The van der Waals surface area contributed by atoms with Gasteiger partial charge in [0.15, 0.2) is 5.13 Å². The van der Waals surface area contributed by atoms with Gasteiger partial charge >= 0.3 is 0 Å². The minimum absolute atomic E-state index is 0.0101. The summed E-state index contributed by atoms with van der Waals surface area (Å²) in [7, 11) is 1.44. The van der Waals surface area contributed by atoms with Crippen LogP contribution in [0.15, 0.2) is 113 Å². The smallest absolute Gasteiger partial charge is 0.272 e. The van der Waals surface area contributed by atoms with Crippen molar-refractivity contribution in [2.24, 2.45) is 0 Å². The number of anilines is 2. The van der Waals surface area contributed by atoms with Crippen molar-refractivity contribution in [2.75, 3.05) is 17.7 Å². The van der Waals surface area contributed by atoms with Crippen molar-refractivity contribution < 1.29 is 24.2 Å². The summed E-state index contributed by atoms with van der Waals surface area (Å²) in [5.41, 5.74) is 2.70. The lowest BCUT2D eigenvalue weighted by atomic mass is 10.1. The van der Waals surface area contributed by atoms with Crippen molar-refractivity contribution >= 4 is 69.3 Å². The van der Waals surface area contributed by atoms with Crippen LogP contribution >= 0.6 is 34.7 Å². The number of hydrogen-bond acceptors (Lipinski definition) is 8. The van der Waals surface area contributed by atoms with Crippen molar-refractivity contribution in [3.63, 3.8) is 0 Å². The number of aromatic nitrogens is 1. The summed E-state index contributed by atoms with van der Waals surface area (Å²) < 4.78 is 5.36.